The zero-order valence-corrected chi connectivity index (χ0v) is 13.9. The standard InChI is InChI=1S/C20H24O4/c1-2-7-16(20(22)23)12-15-8-3-4-9-17(15)14-24-19-11-6-5-10-18(21)13-19/h3-6,8-9,11,13,16,21H,2,7,10,12,14H2,1H3,(H,22,23). The Morgan fingerprint density at radius 2 is 2.04 bits per heavy atom. The van der Waals surface area contributed by atoms with Crippen molar-refractivity contribution in [1.29, 1.82) is 0 Å². The molecule has 0 bridgehead atoms. The van der Waals surface area contributed by atoms with Crippen LogP contribution in [0.4, 0.5) is 0 Å². The van der Waals surface area contributed by atoms with Crippen LogP contribution >= 0.6 is 0 Å². The number of rotatable bonds is 8. The van der Waals surface area contributed by atoms with E-state index in [1.54, 1.807) is 6.08 Å². The molecule has 0 aliphatic heterocycles. The molecule has 24 heavy (non-hydrogen) atoms. The Bertz CT molecular complexity index is 655. The van der Waals surface area contributed by atoms with Crippen LogP contribution in [0.15, 0.2) is 60.1 Å². The van der Waals surface area contributed by atoms with Gasteiger partial charge in [-0.25, -0.2) is 0 Å². The molecular weight excluding hydrogens is 304 g/mol. The van der Waals surface area contributed by atoms with Crippen LogP contribution < -0.4 is 0 Å². The minimum atomic E-state index is -0.753. The maximum absolute atomic E-state index is 11.4. The fourth-order valence-corrected chi connectivity index (χ4v) is 2.70. The molecule has 0 fully saturated rings. The van der Waals surface area contributed by atoms with Gasteiger partial charge in [0.05, 0.1) is 11.7 Å². The van der Waals surface area contributed by atoms with Crippen molar-refractivity contribution in [2.45, 2.75) is 39.2 Å². The topological polar surface area (TPSA) is 66.8 Å². The van der Waals surface area contributed by atoms with E-state index in [9.17, 15) is 15.0 Å². The molecule has 1 unspecified atom stereocenters. The molecule has 4 heteroatoms. The Labute approximate surface area is 142 Å². The Hall–Kier alpha value is -2.49. The number of aliphatic carboxylic acids is 1. The van der Waals surface area contributed by atoms with Crippen molar-refractivity contribution in [3.05, 3.63) is 71.2 Å². The van der Waals surface area contributed by atoms with Gasteiger partial charge in [-0.05, 0) is 30.0 Å². The SMILES string of the molecule is CCCC(Cc1ccccc1COC1=CC=CCC(O)=C1)C(=O)O. The highest BCUT2D eigenvalue weighted by atomic mass is 16.5. The second kappa shape index (κ2) is 8.96. The van der Waals surface area contributed by atoms with E-state index in [4.69, 9.17) is 4.74 Å². The third-order valence-corrected chi connectivity index (χ3v) is 4.00. The molecule has 0 radical (unpaired) electrons. The third kappa shape index (κ3) is 5.30. The summed E-state index contributed by atoms with van der Waals surface area (Å²) in [5.41, 5.74) is 1.97. The summed E-state index contributed by atoms with van der Waals surface area (Å²) in [6, 6.07) is 7.76. The number of aliphatic hydroxyl groups is 1. The van der Waals surface area contributed by atoms with Crippen LogP contribution in [0, 0.1) is 5.92 Å². The highest BCUT2D eigenvalue weighted by Gasteiger charge is 2.18. The summed E-state index contributed by atoms with van der Waals surface area (Å²) < 4.78 is 5.79. The molecule has 0 aromatic heterocycles. The van der Waals surface area contributed by atoms with Crippen molar-refractivity contribution < 1.29 is 19.7 Å². The van der Waals surface area contributed by atoms with Crippen LogP contribution in [-0.4, -0.2) is 16.2 Å². The molecule has 0 heterocycles. The minimum absolute atomic E-state index is 0.261. The summed E-state index contributed by atoms with van der Waals surface area (Å²) in [5, 5.41) is 19.0. The van der Waals surface area contributed by atoms with E-state index in [1.807, 2.05) is 49.4 Å². The lowest BCUT2D eigenvalue weighted by molar-refractivity contribution is -0.141. The number of carboxylic acids is 1. The number of carbonyl (C=O) groups is 1. The third-order valence-electron chi connectivity index (χ3n) is 4.00. The van der Waals surface area contributed by atoms with E-state index in [1.165, 1.54) is 0 Å². The zero-order valence-electron chi connectivity index (χ0n) is 13.9. The predicted molar refractivity (Wildman–Crippen MR) is 93.5 cm³/mol. The van der Waals surface area contributed by atoms with Gasteiger partial charge in [0.1, 0.15) is 12.4 Å². The van der Waals surface area contributed by atoms with Gasteiger partial charge < -0.3 is 14.9 Å². The number of allylic oxidation sites excluding steroid dienone is 4. The Kier molecular flexibility index (Phi) is 6.67. The normalized spacial score (nSPS) is 15.2. The molecule has 1 aromatic rings. The summed E-state index contributed by atoms with van der Waals surface area (Å²) in [7, 11) is 0. The van der Waals surface area contributed by atoms with Gasteiger partial charge in [0.25, 0.3) is 0 Å². The van der Waals surface area contributed by atoms with E-state index < -0.39 is 5.97 Å². The number of carboxylic acid groups (broad SMARTS) is 1. The van der Waals surface area contributed by atoms with Gasteiger partial charge in [0, 0.05) is 12.5 Å². The maximum Gasteiger partial charge on any atom is 0.306 e. The van der Waals surface area contributed by atoms with Crippen LogP contribution in [0.5, 0.6) is 0 Å². The molecule has 1 aromatic carbocycles. The Morgan fingerprint density at radius 1 is 1.29 bits per heavy atom. The molecule has 4 nitrogen and oxygen atoms in total. The maximum atomic E-state index is 11.4. The molecule has 1 aliphatic rings. The van der Waals surface area contributed by atoms with Gasteiger partial charge in [0.2, 0.25) is 0 Å². The summed E-state index contributed by atoms with van der Waals surface area (Å²) in [6.45, 7) is 2.34. The average Bonchev–Trinajstić information content (AvgIpc) is 2.77. The Morgan fingerprint density at radius 3 is 2.75 bits per heavy atom. The average molecular weight is 328 g/mol. The largest absolute Gasteiger partial charge is 0.512 e. The lowest BCUT2D eigenvalue weighted by Gasteiger charge is -2.15. The summed E-state index contributed by atoms with van der Waals surface area (Å²) in [4.78, 5) is 11.4. The minimum Gasteiger partial charge on any atom is -0.512 e. The molecule has 0 saturated carbocycles. The van der Waals surface area contributed by atoms with Crippen LogP contribution in [0.25, 0.3) is 0 Å². The molecule has 1 atom stereocenters. The van der Waals surface area contributed by atoms with Gasteiger partial charge in [-0.1, -0.05) is 49.8 Å². The monoisotopic (exact) mass is 328 g/mol. The first-order valence-electron chi connectivity index (χ1n) is 8.29. The van der Waals surface area contributed by atoms with Crippen LogP contribution in [0.3, 0.4) is 0 Å². The highest BCUT2D eigenvalue weighted by Crippen LogP contribution is 2.20. The van der Waals surface area contributed by atoms with Gasteiger partial charge in [-0.3, -0.25) is 4.79 Å². The summed E-state index contributed by atoms with van der Waals surface area (Å²) in [6.07, 6.45) is 9.64. The van der Waals surface area contributed by atoms with E-state index in [2.05, 4.69) is 0 Å². The molecule has 0 saturated heterocycles. The van der Waals surface area contributed by atoms with E-state index >= 15 is 0 Å². The predicted octanol–water partition coefficient (Wildman–Crippen LogP) is 4.53. The first-order valence-corrected chi connectivity index (χ1v) is 8.29. The van der Waals surface area contributed by atoms with Crippen molar-refractivity contribution in [3.63, 3.8) is 0 Å². The van der Waals surface area contributed by atoms with Gasteiger partial charge in [-0.15, -0.1) is 0 Å². The van der Waals surface area contributed by atoms with Crippen molar-refractivity contribution in [3.8, 4) is 0 Å². The highest BCUT2D eigenvalue weighted by molar-refractivity contribution is 5.70. The number of aliphatic hydroxyl groups excluding tert-OH is 1. The van der Waals surface area contributed by atoms with Crippen LogP contribution in [-0.2, 0) is 22.6 Å². The van der Waals surface area contributed by atoms with E-state index in [-0.39, 0.29) is 11.7 Å². The molecule has 128 valence electrons. The van der Waals surface area contributed by atoms with Crippen molar-refractivity contribution in [2.75, 3.05) is 0 Å². The number of hydrogen-bond donors (Lipinski definition) is 2. The van der Waals surface area contributed by atoms with Gasteiger partial charge in [-0.2, -0.15) is 0 Å². The second-order valence-corrected chi connectivity index (χ2v) is 5.92. The van der Waals surface area contributed by atoms with Crippen molar-refractivity contribution in [1.82, 2.24) is 0 Å². The van der Waals surface area contributed by atoms with E-state index in [0.29, 0.717) is 31.6 Å². The van der Waals surface area contributed by atoms with Gasteiger partial charge in [0.15, 0.2) is 0 Å². The Balaban J connectivity index is 2.08. The molecule has 0 amide bonds. The van der Waals surface area contributed by atoms with Gasteiger partial charge >= 0.3 is 5.97 Å². The summed E-state index contributed by atoms with van der Waals surface area (Å²) in [5.74, 6) is -0.270. The molecule has 1 aliphatic carbocycles. The lowest BCUT2D eigenvalue weighted by atomic mass is 9.92. The van der Waals surface area contributed by atoms with Crippen molar-refractivity contribution >= 4 is 5.97 Å². The van der Waals surface area contributed by atoms with Crippen LogP contribution in [0.1, 0.15) is 37.3 Å². The first kappa shape index (κ1) is 17.9. The molecular formula is C20H24O4. The number of hydrogen-bond acceptors (Lipinski definition) is 3. The molecule has 0 spiro atoms. The fraction of sp³-hybridized carbons (Fsp3) is 0.350. The van der Waals surface area contributed by atoms with Crippen molar-refractivity contribution in [2.24, 2.45) is 5.92 Å². The lowest BCUT2D eigenvalue weighted by Crippen LogP contribution is -2.17. The first-order chi connectivity index (χ1) is 11.6. The number of benzene rings is 1. The summed E-state index contributed by atoms with van der Waals surface area (Å²) >= 11 is 0. The molecule has 2 N–H and O–H groups in total. The zero-order chi connectivity index (χ0) is 17.4. The van der Waals surface area contributed by atoms with Crippen LogP contribution in [0.2, 0.25) is 0 Å². The smallest absolute Gasteiger partial charge is 0.306 e. The van der Waals surface area contributed by atoms with E-state index in [0.717, 1.165) is 17.5 Å². The quantitative estimate of drug-likeness (QED) is 0.735. The fourth-order valence-electron chi connectivity index (χ4n) is 2.70. The molecule has 2 rings (SSSR count). The second-order valence-electron chi connectivity index (χ2n) is 5.92. The number of ether oxygens (including phenoxy) is 1.